The molecule has 9 heteroatoms. The number of anilines is 5. The highest BCUT2D eigenvalue weighted by Gasteiger charge is 2.37. The standard InChI is InChI=1S/C24H25F2N5O2/c1-14(2)9-10-30-15(3)23(33)31(17-7-5-4-6-8-17)20-13-27-24(29-22(20)30)28-16-11-18(25)21(32)19(26)12-16/h4-8,11-15,32H,9-10H2,1-3H3,(H,27,28,29). The van der Waals surface area contributed by atoms with E-state index in [0.29, 0.717) is 29.7 Å². The first-order valence-electron chi connectivity index (χ1n) is 10.7. The fourth-order valence-corrected chi connectivity index (χ4v) is 3.73. The van der Waals surface area contributed by atoms with E-state index in [1.165, 1.54) is 6.20 Å². The van der Waals surface area contributed by atoms with Gasteiger partial charge in [-0.25, -0.2) is 13.8 Å². The number of para-hydroxylation sites is 1. The molecule has 0 spiro atoms. The third-order valence-electron chi connectivity index (χ3n) is 5.54. The zero-order valence-corrected chi connectivity index (χ0v) is 18.6. The normalized spacial score (nSPS) is 15.7. The van der Waals surface area contributed by atoms with Gasteiger partial charge < -0.3 is 15.3 Å². The number of fused-ring (bicyclic) bond motifs is 1. The SMILES string of the molecule is CC(C)CCN1c2nc(Nc3cc(F)c(O)c(F)c3)ncc2N(c2ccccc2)C(=O)C1C. The van der Waals surface area contributed by atoms with Gasteiger partial charge in [-0.1, -0.05) is 32.0 Å². The van der Waals surface area contributed by atoms with Gasteiger partial charge in [-0.2, -0.15) is 4.98 Å². The Labute approximate surface area is 190 Å². The van der Waals surface area contributed by atoms with Gasteiger partial charge in [-0.15, -0.1) is 0 Å². The molecule has 0 radical (unpaired) electrons. The van der Waals surface area contributed by atoms with Crippen LogP contribution < -0.4 is 15.1 Å². The Morgan fingerprint density at radius 1 is 1.15 bits per heavy atom. The third kappa shape index (κ3) is 4.44. The van der Waals surface area contributed by atoms with Crippen LogP contribution in [0, 0.1) is 17.6 Å². The number of halogens is 2. The number of carbonyl (C=O) groups is 1. The first-order valence-corrected chi connectivity index (χ1v) is 10.7. The van der Waals surface area contributed by atoms with E-state index >= 15 is 0 Å². The van der Waals surface area contributed by atoms with Crippen LogP contribution in [0.25, 0.3) is 0 Å². The molecule has 2 N–H and O–H groups in total. The van der Waals surface area contributed by atoms with Gasteiger partial charge in [0.15, 0.2) is 23.2 Å². The van der Waals surface area contributed by atoms with Crippen LogP contribution in [0.1, 0.15) is 27.2 Å². The number of nitrogens with one attached hydrogen (secondary N) is 1. The van der Waals surface area contributed by atoms with E-state index in [-0.39, 0.29) is 17.5 Å². The maximum Gasteiger partial charge on any atom is 0.254 e. The van der Waals surface area contributed by atoms with Crippen LogP contribution in [-0.2, 0) is 4.79 Å². The summed E-state index contributed by atoms with van der Waals surface area (Å²) >= 11 is 0. The first-order chi connectivity index (χ1) is 15.8. The van der Waals surface area contributed by atoms with Crippen LogP contribution in [0.3, 0.4) is 0 Å². The Bertz CT molecular complexity index is 1150. The quantitative estimate of drug-likeness (QED) is 0.504. The topological polar surface area (TPSA) is 81.6 Å². The number of hydrogen-bond donors (Lipinski definition) is 2. The molecule has 1 aromatic heterocycles. The molecule has 1 amide bonds. The first kappa shape index (κ1) is 22.4. The van der Waals surface area contributed by atoms with Crippen LogP contribution >= 0.6 is 0 Å². The average Bonchev–Trinajstić information content (AvgIpc) is 2.78. The van der Waals surface area contributed by atoms with Gasteiger partial charge in [0, 0.05) is 30.1 Å². The van der Waals surface area contributed by atoms with Crippen molar-refractivity contribution >= 4 is 34.7 Å². The molecule has 1 aliphatic rings. The summed E-state index contributed by atoms with van der Waals surface area (Å²) < 4.78 is 27.5. The lowest BCUT2D eigenvalue weighted by atomic mass is 10.1. The van der Waals surface area contributed by atoms with Gasteiger partial charge in [0.05, 0.1) is 6.20 Å². The summed E-state index contributed by atoms with van der Waals surface area (Å²) in [5.41, 5.74) is 1.28. The molecule has 2 heterocycles. The van der Waals surface area contributed by atoms with E-state index in [1.54, 1.807) is 4.90 Å². The summed E-state index contributed by atoms with van der Waals surface area (Å²) in [6, 6.07) is 10.7. The Morgan fingerprint density at radius 3 is 2.45 bits per heavy atom. The maximum atomic E-state index is 13.8. The molecule has 33 heavy (non-hydrogen) atoms. The van der Waals surface area contributed by atoms with Crippen molar-refractivity contribution in [3.8, 4) is 5.75 Å². The van der Waals surface area contributed by atoms with Crippen LogP contribution in [-0.4, -0.2) is 33.6 Å². The zero-order valence-electron chi connectivity index (χ0n) is 18.6. The molecule has 3 aromatic rings. The predicted octanol–water partition coefficient (Wildman–Crippen LogP) is 5.12. The Kier molecular flexibility index (Phi) is 6.13. The minimum Gasteiger partial charge on any atom is -0.503 e. The minimum atomic E-state index is -1.09. The minimum absolute atomic E-state index is 0.0522. The molecule has 0 saturated carbocycles. The molecule has 4 rings (SSSR count). The van der Waals surface area contributed by atoms with Gasteiger partial charge in [0.25, 0.3) is 5.91 Å². The average molecular weight is 453 g/mol. The molecule has 0 fully saturated rings. The number of amides is 1. The Hall–Kier alpha value is -3.75. The lowest BCUT2D eigenvalue weighted by Gasteiger charge is -2.40. The van der Waals surface area contributed by atoms with Gasteiger partial charge in [-0.05, 0) is 31.4 Å². The van der Waals surface area contributed by atoms with Crippen molar-refractivity contribution in [2.45, 2.75) is 33.2 Å². The van der Waals surface area contributed by atoms with Crippen molar-refractivity contribution < 1.29 is 18.7 Å². The number of phenolic OH excluding ortho intramolecular Hbond substituents is 1. The molecule has 0 saturated heterocycles. The Balaban J connectivity index is 1.77. The fourth-order valence-electron chi connectivity index (χ4n) is 3.73. The largest absolute Gasteiger partial charge is 0.503 e. The van der Waals surface area contributed by atoms with E-state index in [2.05, 4.69) is 29.1 Å². The third-order valence-corrected chi connectivity index (χ3v) is 5.54. The van der Waals surface area contributed by atoms with Crippen molar-refractivity contribution in [2.24, 2.45) is 5.92 Å². The maximum absolute atomic E-state index is 13.8. The van der Waals surface area contributed by atoms with E-state index in [1.807, 2.05) is 42.2 Å². The van der Waals surface area contributed by atoms with Gasteiger partial charge in [-0.3, -0.25) is 9.69 Å². The molecule has 0 bridgehead atoms. The zero-order chi connectivity index (χ0) is 23.7. The second kappa shape index (κ2) is 9.01. The highest BCUT2D eigenvalue weighted by atomic mass is 19.1. The molecule has 1 aliphatic heterocycles. The molecule has 0 aliphatic carbocycles. The van der Waals surface area contributed by atoms with Crippen LogP contribution in [0.4, 0.5) is 37.6 Å². The van der Waals surface area contributed by atoms with Crippen LogP contribution in [0.15, 0.2) is 48.7 Å². The second-order valence-electron chi connectivity index (χ2n) is 8.38. The van der Waals surface area contributed by atoms with Crippen molar-refractivity contribution in [3.05, 3.63) is 60.3 Å². The van der Waals surface area contributed by atoms with Crippen molar-refractivity contribution in [2.75, 3.05) is 21.7 Å². The molecule has 1 unspecified atom stereocenters. The number of benzene rings is 2. The molecule has 1 atom stereocenters. The predicted molar refractivity (Wildman–Crippen MR) is 123 cm³/mol. The number of carbonyl (C=O) groups excluding carboxylic acids is 1. The van der Waals surface area contributed by atoms with E-state index in [0.717, 1.165) is 18.6 Å². The van der Waals surface area contributed by atoms with Crippen LogP contribution in [0.2, 0.25) is 0 Å². The number of rotatable bonds is 6. The van der Waals surface area contributed by atoms with Crippen LogP contribution in [0.5, 0.6) is 5.75 Å². The van der Waals surface area contributed by atoms with Gasteiger partial charge >= 0.3 is 0 Å². The number of phenols is 1. The monoisotopic (exact) mass is 453 g/mol. The second-order valence-corrected chi connectivity index (χ2v) is 8.38. The van der Waals surface area contributed by atoms with E-state index < -0.39 is 23.4 Å². The lowest BCUT2D eigenvalue weighted by Crippen LogP contribution is -2.51. The smallest absolute Gasteiger partial charge is 0.254 e. The number of aromatic hydroxyl groups is 1. The summed E-state index contributed by atoms with van der Waals surface area (Å²) in [7, 11) is 0. The number of hydrogen-bond acceptors (Lipinski definition) is 6. The molecular formula is C24H25F2N5O2. The summed E-state index contributed by atoms with van der Waals surface area (Å²) in [6.45, 7) is 6.66. The molecule has 2 aromatic carbocycles. The summed E-state index contributed by atoms with van der Waals surface area (Å²) in [6.07, 6.45) is 2.38. The van der Waals surface area contributed by atoms with Crippen molar-refractivity contribution in [1.29, 1.82) is 0 Å². The summed E-state index contributed by atoms with van der Waals surface area (Å²) in [4.78, 5) is 25.8. The lowest BCUT2D eigenvalue weighted by molar-refractivity contribution is -0.119. The van der Waals surface area contributed by atoms with Crippen molar-refractivity contribution in [1.82, 2.24) is 9.97 Å². The fraction of sp³-hybridized carbons (Fsp3) is 0.292. The number of aromatic nitrogens is 2. The summed E-state index contributed by atoms with van der Waals surface area (Å²) in [5, 5.41) is 12.1. The van der Waals surface area contributed by atoms with Gasteiger partial charge in [0.1, 0.15) is 11.7 Å². The Morgan fingerprint density at radius 2 is 1.82 bits per heavy atom. The molecular weight excluding hydrogens is 428 g/mol. The summed E-state index contributed by atoms with van der Waals surface area (Å²) in [5.74, 6) is -2.24. The van der Waals surface area contributed by atoms with E-state index in [4.69, 9.17) is 0 Å². The number of nitrogens with zero attached hydrogens (tertiary/aromatic N) is 4. The molecule has 7 nitrogen and oxygen atoms in total. The van der Waals surface area contributed by atoms with E-state index in [9.17, 15) is 18.7 Å². The van der Waals surface area contributed by atoms with Crippen molar-refractivity contribution in [3.63, 3.8) is 0 Å². The highest BCUT2D eigenvalue weighted by molar-refractivity contribution is 6.09. The highest BCUT2D eigenvalue weighted by Crippen LogP contribution is 2.39. The van der Waals surface area contributed by atoms with Gasteiger partial charge in [0.2, 0.25) is 5.95 Å². The molecule has 172 valence electrons.